The van der Waals surface area contributed by atoms with Crippen molar-refractivity contribution in [1.29, 1.82) is 0 Å². The zero-order valence-corrected chi connectivity index (χ0v) is 19.2. The number of hydrogen-bond acceptors (Lipinski definition) is 7. The molecular formula is C23H35NO7. The standard InChI is InChI=1S/C23H35NO7/c1-23(2,3)31-22(27)24-14-10-8-6-7-9-11-15-30-17-12-13-18(20(25)28-4)19(16-17)21(26)29-5/h12-13,16H,6-11,14-15H2,1-5H3,(H,24,27). The van der Waals surface area contributed by atoms with E-state index in [1.807, 2.05) is 20.8 Å². The van der Waals surface area contributed by atoms with Gasteiger partial charge in [0.05, 0.1) is 32.0 Å². The minimum atomic E-state index is -0.619. The number of carbonyl (C=O) groups excluding carboxylic acids is 3. The van der Waals surface area contributed by atoms with Gasteiger partial charge >= 0.3 is 18.0 Å². The average Bonchev–Trinajstić information content (AvgIpc) is 2.72. The first-order valence-corrected chi connectivity index (χ1v) is 10.6. The van der Waals surface area contributed by atoms with Gasteiger partial charge in [0.15, 0.2) is 0 Å². The summed E-state index contributed by atoms with van der Waals surface area (Å²) < 4.78 is 20.3. The highest BCUT2D eigenvalue weighted by Crippen LogP contribution is 2.20. The first-order valence-electron chi connectivity index (χ1n) is 10.6. The quantitative estimate of drug-likeness (QED) is 0.292. The molecule has 0 saturated carbocycles. The Hall–Kier alpha value is -2.77. The van der Waals surface area contributed by atoms with Gasteiger partial charge in [-0.1, -0.05) is 25.7 Å². The average molecular weight is 438 g/mol. The number of nitrogens with one attached hydrogen (secondary N) is 1. The summed E-state index contributed by atoms with van der Waals surface area (Å²) in [7, 11) is 2.51. The molecule has 0 atom stereocenters. The minimum absolute atomic E-state index is 0.117. The summed E-state index contributed by atoms with van der Waals surface area (Å²) in [5, 5.41) is 2.76. The number of esters is 2. The molecule has 0 heterocycles. The summed E-state index contributed by atoms with van der Waals surface area (Å²) in [6.07, 6.45) is 5.62. The molecule has 8 heteroatoms. The highest BCUT2D eigenvalue weighted by Gasteiger charge is 2.19. The number of alkyl carbamates (subject to hydrolysis) is 1. The predicted octanol–water partition coefficient (Wildman–Crippen LogP) is 4.50. The molecule has 1 aromatic rings. The Morgan fingerprint density at radius 1 is 0.839 bits per heavy atom. The van der Waals surface area contributed by atoms with E-state index in [9.17, 15) is 14.4 Å². The number of hydrogen-bond donors (Lipinski definition) is 1. The van der Waals surface area contributed by atoms with Crippen LogP contribution in [0.1, 0.15) is 80.0 Å². The lowest BCUT2D eigenvalue weighted by Gasteiger charge is -2.19. The summed E-state index contributed by atoms with van der Waals surface area (Å²) >= 11 is 0. The van der Waals surface area contributed by atoms with Gasteiger partial charge in [0, 0.05) is 6.54 Å². The van der Waals surface area contributed by atoms with Gasteiger partial charge in [0.2, 0.25) is 0 Å². The molecule has 1 aromatic carbocycles. The van der Waals surface area contributed by atoms with Gasteiger partial charge < -0.3 is 24.3 Å². The Kier molecular flexibility index (Phi) is 11.5. The van der Waals surface area contributed by atoms with Crippen molar-refractivity contribution in [2.24, 2.45) is 0 Å². The maximum Gasteiger partial charge on any atom is 0.407 e. The predicted molar refractivity (Wildman–Crippen MR) is 117 cm³/mol. The second-order valence-corrected chi connectivity index (χ2v) is 8.09. The summed E-state index contributed by atoms with van der Waals surface area (Å²) in [5.74, 6) is -0.721. The smallest absolute Gasteiger partial charge is 0.407 e. The maximum atomic E-state index is 11.9. The SMILES string of the molecule is COC(=O)c1ccc(OCCCCCCCCNC(=O)OC(C)(C)C)cc1C(=O)OC. The molecule has 8 nitrogen and oxygen atoms in total. The third-order valence-corrected chi connectivity index (χ3v) is 4.31. The van der Waals surface area contributed by atoms with Gasteiger partial charge in [-0.25, -0.2) is 14.4 Å². The molecule has 1 N–H and O–H groups in total. The molecular weight excluding hydrogens is 402 g/mol. The van der Waals surface area contributed by atoms with Crippen LogP contribution in [0.25, 0.3) is 0 Å². The molecule has 0 aliphatic carbocycles. The summed E-state index contributed by atoms with van der Waals surface area (Å²) in [6, 6.07) is 4.63. The molecule has 0 fully saturated rings. The van der Waals surface area contributed by atoms with Crippen LogP contribution in [0.2, 0.25) is 0 Å². The zero-order valence-electron chi connectivity index (χ0n) is 19.2. The van der Waals surface area contributed by atoms with Crippen LogP contribution in [0.4, 0.5) is 4.79 Å². The van der Waals surface area contributed by atoms with Crippen molar-refractivity contribution in [2.75, 3.05) is 27.4 Å². The van der Waals surface area contributed by atoms with Crippen molar-refractivity contribution >= 4 is 18.0 Å². The molecule has 31 heavy (non-hydrogen) atoms. The van der Waals surface area contributed by atoms with Gasteiger partial charge in [-0.2, -0.15) is 0 Å². The van der Waals surface area contributed by atoms with Gasteiger partial charge in [0.1, 0.15) is 11.4 Å². The Bertz CT molecular complexity index is 725. The van der Waals surface area contributed by atoms with Crippen LogP contribution >= 0.6 is 0 Å². The van der Waals surface area contributed by atoms with E-state index in [1.165, 1.54) is 26.4 Å². The molecule has 0 aromatic heterocycles. The Balaban J connectivity index is 2.22. The van der Waals surface area contributed by atoms with E-state index in [4.69, 9.17) is 14.2 Å². The van der Waals surface area contributed by atoms with Gasteiger partial charge in [-0.3, -0.25) is 0 Å². The molecule has 0 bridgehead atoms. The lowest BCUT2D eigenvalue weighted by atomic mass is 10.1. The summed E-state index contributed by atoms with van der Waals surface area (Å²) in [6.45, 7) is 6.64. The number of ether oxygens (including phenoxy) is 4. The van der Waals surface area contributed by atoms with Gasteiger partial charge in [0.25, 0.3) is 0 Å². The van der Waals surface area contributed by atoms with Crippen molar-refractivity contribution < 1.29 is 33.3 Å². The Morgan fingerprint density at radius 2 is 1.42 bits per heavy atom. The zero-order chi connectivity index (χ0) is 23.3. The molecule has 0 saturated heterocycles. The van der Waals surface area contributed by atoms with Crippen LogP contribution in [-0.2, 0) is 14.2 Å². The highest BCUT2D eigenvalue weighted by molar-refractivity contribution is 6.03. The van der Waals surface area contributed by atoms with Crippen LogP contribution in [0.5, 0.6) is 5.75 Å². The molecule has 174 valence electrons. The fourth-order valence-corrected chi connectivity index (χ4v) is 2.81. The lowest BCUT2D eigenvalue weighted by Crippen LogP contribution is -2.32. The van der Waals surface area contributed by atoms with Crippen molar-refractivity contribution in [1.82, 2.24) is 5.32 Å². The number of amides is 1. The van der Waals surface area contributed by atoms with Gasteiger partial charge in [-0.05, 0) is 51.8 Å². The van der Waals surface area contributed by atoms with E-state index in [0.29, 0.717) is 18.9 Å². The van der Waals surface area contributed by atoms with Crippen LogP contribution in [0.15, 0.2) is 18.2 Å². The topological polar surface area (TPSA) is 100 Å². The molecule has 1 rings (SSSR count). The van der Waals surface area contributed by atoms with E-state index in [1.54, 1.807) is 6.07 Å². The summed E-state index contributed by atoms with van der Waals surface area (Å²) in [4.78, 5) is 35.2. The van der Waals surface area contributed by atoms with Crippen LogP contribution in [-0.4, -0.2) is 51.0 Å². The maximum absolute atomic E-state index is 11.9. The van der Waals surface area contributed by atoms with E-state index in [0.717, 1.165) is 38.5 Å². The molecule has 0 radical (unpaired) electrons. The normalized spacial score (nSPS) is 10.9. The number of methoxy groups -OCH3 is 2. The Morgan fingerprint density at radius 3 is 2.03 bits per heavy atom. The lowest BCUT2D eigenvalue weighted by molar-refractivity contribution is 0.0525. The van der Waals surface area contributed by atoms with E-state index in [2.05, 4.69) is 10.1 Å². The Labute approximate surface area is 184 Å². The number of rotatable bonds is 12. The second kappa shape index (κ2) is 13.5. The first-order chi connectivity index (χ1) is 14.7. The van der Waals surface area contributed by atoms with Crippen molar-refractivity contribution in [3.8, 4) is 5.75 Å². The minimum Gasteiger partial charge on any atom is -0.494 e. The van der Waals surface area contributed by atoms with Crippen LogP contribution in [0, 0.1) is 0 Å². The summed E-state index contributed by atoms with van der Waals surface area (Å²) in [5.41, 5.74) is -0.217. The van der Waals surface area contributed by atoms with Crippen molar-refractivity contribution in [2.45, 2.75) is 64.9 Å². The number of carbonyl (C=O) groups is 3. The second-order valence-electron chi connectivity index (χ2n) is 8.09. The van der Waals surface area contributed by atoms with Crippen molar-refractivity contribution in [3.63, 3.8) is 0 Å². The monoisotopic (exact) mass is 437 g/mol. The van der Waals surface area contributed by atoms with Crippen molar-refractivity contribution in [3.05, 3.63) is 29.3 Å². The molecule has 0 aliphatic heterocycles. The number of benzene rings is 1. The van der Waals surface area contributed by atoms with Gasteiger partial charge in [-0.15, -0.1) is 0 Å². The highest BCUT2D eigenvalue weighted by atomic mass is 16.6. The molecule has 1 amide bonds. The van der Waals surface area contributed by atoms with E-state index >= 15 is 0 Å². The third-order valence-electron chi connectivity index (χ3n) is 4.31. The largest absolute Gasteiger partial charge is 0.494 e. The van der Waals surface area contributed by atoms with E-state index < -0.39 is 17.5 Å². The number of unbranched alkanes of at least 4 members (excludes halogenated alkanes) is 5. The van der Waals surface area contributed by atoms with E-state index in [-0.39, 0.29) is 17.2 Å². The van der Waals surface area contributed by atoms with Crippen LogP contribution < -0.4 is 10.1 Å². The fourth-order valence-electron chi connectivity index (χ4n) is 2.81. The fraction of sp³-hybridized carbons (Fsp3) is 0.609. The molecule has 0 unspecified atom stereocenters. The molecule has 0 spiro atoms. The molecule has 0 aliphatic rings. The van der Waals surface area contributed by atoms with Crippen LogP contribution in [0.3, 0.4) is 0 Å². The first kappa shape index (κ1) is 26.3. The third kappa shape index (κ3) is 10.7.